The van der Waals surface area contributed by atoms with Gasteiger partial charge in [-0.3, -0.25) is 0 Å². The zero-order valence-electron chi connectivity index (χ0n) is 9.35. The van der Waals surface area contributed by atoms with Gasteiger partial charge in [-0.15, -0.1) is 0 Å². The van der Waals surface area contributed by atoms with E-state index >= 15 is 0 Å². The van der Waals surface area contributed by atoms with Crippen LogP contribution >= 0.6 is 0 Å². The molecule has 0 bridgehead atoms. The van der Waals surface area contributed by atoms with E-state index in [9.17, 15) is 8.78 Å². The van der Waals surface area contributed by atoms with Gasteiger partial charge in [-0.2, -0.15) is 0 Å². The fraction of sp³-hybridized carbons (Fsp3) is 0.500. The highest BCUT2D eigenvalue weighted by Gasteiger charge is 2.24. The van der Waals surface area contributed by atoms with E-state index in [1.165, 1.54) is 18.2 Å². The Morgan fingerprint density at radius 2 is 1.87 bits per heavy atom. The van der Waals surface area contributed by atoms with Crippen LogP contribution in [0.15, 0.2) is 35.5 Å². The molecule has 1 aliphatic carbocycles. The maximum atomic E-state index is 13.2. The Morgan fingerprint density at radius 3 is 2.40 bits per heavy atom. The van der Waals surface area contributed by atoms with Gasteiger partial charge in [0.15, 0.2) is 0 Å². The predicted molar refractivity (Wildman–Crippen MR) is 58.5 cm³/mol. The molecule has 15 heavy (non-hydrogen) atoms. The minimum atomic E-state index is -0.423. The molecule has 0 saturated carbocycles. The quantitative estimate of drug-likeness (QED) is 0.709. The highest BCUT2D eigenvalue weighted by molar-refractivity contribution is 5.36. The highest BCUT2D eigenvalue weighted by atomic mass is 19.1. The van der Waals surface area contributed by atoms with Gasteiger partial charge in [0.1, 0.15) is 11.7 Å². The van der Waals surface area contributed by atoms with Crippen LogP contribution in [0.1, 0.15) is 27.2 Å². The molecule has 1 aliphatic rings. The van der Waals surface area contributed by atoms with Crippen molar-refractivity contribution in [3.8, 4) is 0 Å². The van der Waals surface area contributed by atoms with Gasteiger partial charge in [0.25, 0.3) is 0 Å². The molecule has 3 heteroatoms. The summed E-state index contributed by atoms with van der Waals surface area (Å²) in [6.45, 7) is 5.82. The summed E-state index contributed by atoms with van der Waals surface area (Å²) >= 11 is 0. The van der Waals surface area contributed by atoms with Gasteiger partial charge in [0, 0.05) is 12.5 Å². The number of hydrogen-bond donors (Lipinski definition) is 1. The Hall–Kier alpha value is -0.960. The van der Waals surface area contributed by atoms with Crippen molar-refractivity contribution in [2.24, 2.45) is 11.1 Å². The Kier molecular flexibility index (Phi) is 3.45. The number of rotatable bonds is 1. The van der Waals surface area contributed by atoms with Crippen LogP contribution in [0, 0.1) is 5.41 Å². The number of hydrogen-bond acceptors (Lipinski definition) is 1. The molecule has 1 unspecified atom stereocenters. The summed E-state index contributed by atoms with van der Waals surface area (Å²) in [6.07, 6.45) is 3.86. The molecule has 0 amide bonds. The monoisotopic (exact) mass is 213 g/mol. The topological polar surface area (TPSA) is 26.0 Å². The average Bonchev–Trinajstić information content (AvgIpc) is 2.25. The van der Waals surface area contributed by atoms with E-state index in [0.29, 0.717) is 5.57 Å². The largest absolute Gasteiger partial charge is 0.324 e. The minimum Gasteiger partial charge on any atom is -0.324 e. The fourth-order valence-electron chi connectivity index (χ4n) is 1.37. The fourth-order valence-corrected chi connectivity index (χ4v) is 1.37. The molecule has 0 heterocycles. The highest BCUT2D eigenvalue weighted by Crippen LogP contribution is 2.28. The molecule has 0 aromatic rings. The van der Waals surface area contributed by atoms with Crippen molar-refractivity contribution in [3.05, 3.63) is 35.5 Å². The molecule has 1 rings (SSSR count). The first-order valence-electron chi connectivity index (χ1n) is 4.99. The van der Waals surface area contributed by atoms with Crippen LogP contribution in [0.5, 0.6) is 0 Å². The smallest absolute Gasteiger partial charge is 0.119 e. The van der Waals surface area contributed by atoms with E-state index in [1.807, 2.05) is 20.8 Å². The molecule has 1 atom stereocenters. The summed E-state index contributed by atoms with van der Waals surface area (Å²) in [5.41, 5.74) is 6.24. The molecule has 1 nitrogen and oxygen atoms in total. The van der Waals surface area contributed by atoms with Gasteiger partial charge in [0.05, 0.1) is 0 Å². The van der Waals surface area contributed by atoms with Crippen LogP contribution in [-0.4, -0.2) is 6.04 Å². The predicted octanol–water partition coefficient (Wildman–Crippen LogP) is 3.40. The summed E-state index contributed by atoms with van der Waals surface area (Å²) in [5, 5.41) is 0. The number of nitrogens with two attached hydrogens (primary N) is 1. The van der Waals surface area contributed by atoms with Gasteiger partial charge in [-0.1, -0.05) is 20.8 Å². The normalized spacial score (nSPS) is 20.0. The second-order valence-electron chi connectivity index (χ2n) is 4.87. The minimum absolute atomic E-state index is 0.00267. The Bertz CT molecular complexity index is 332. The SMILES string of the molecule is CC(C)(C)C(N)C1=CC(F)=CCC(F)=C1. The molecule has 0 aromatic heterocycles. The molecule has 0 saturated heterocycles. The van der Waals surface area contributed by atoms with Crippen molar-refractivity contribution >= 4 is 0 Å². The van der Waals surface area contributed by atoms with Crippen LogP contribution in [0.25, 0.3) is 0 Å². The van der Waals surface area contributed by atoms with Crippen LogP contribution in [0.3, 0.4) is 0 Å². The van der Waals surface area contributed by atoms with Gasteiger partial charge in [-0.25, -0.2) is 8.78 Å². The Morgan fingerprint density at radius 1 is 1.27 bits per heavy atom. The second kappa shape index (κ2) is 4.27. The first-order chi connectivity index (χ1) is 6.80. The van der Waals surface area contributed by atoms with Gasteiger partial charge in [0.2, 0.25) is 0 Å². The molecule has 0 aromatic carbocycles. The van der Waals surface area contributed by atoms with E-state index in [2.05, 4.69) is 0 Å². The second-order valence-corrected chi connectivity index (χ2v) is 4.87. The van der Waals surface area contributed by atoms with Crippen molar-refractivity contribution in [2.45, 2.75) is 33.2 Å². The van der Waals surface area contributed by atoms with Crippen LogP contribution in [-0.2, 0) is 0 Å². The molecular weight excluding hydrogens is 196 g/mol. The molecule has 84 valence electrons. The third kappa shape index (κ3) is 3.27. The molecule has 0 aliphatic heterocycles. The van der Waals surface area contributed by atoms with E-state index in [-0.39, 0.29) is 23.7 Å². The lowest BCUT2D eigenvalue weighted by Crippen LogP contribution is -2.36. The lowest BCUT2D eigenvalue weighted by atomic mass is 9.82. The zero-order valence-corrected chi connectivity index (χ0v) is 9.35. The first kappa shape index (κ1) is 12.1. The Balaban J connectivity index is 3.02. The maximum Gasteiger partial charge on any atom is 0.119 e. The Labute approximate surface area is 89.3 Å². The average molecular weight is 213 g/mol. The van der Waals surface area contributed by atoms with Crippen molar-refractivity contribution in [2.75, 3.05) is 0 Å². The lowest BCUT2D eigenvalue weighted by molar-refractivity contribution is 0.356. The molecule has 0 fully saturated rings. The standard InChI is InChI=1S/C12H17F2N/c1-12(2,3)11(15)8-6-9(13)4-5-10(14)7-8/h4,6-7,11H,5,15H2,1-3H3. The van der Waals surface area contributed by atoms with E-state index in [0.717, 1.165) is 0 Å². The van der Waals surface area contributed by atoms with Gasteiger partial charge in [-0.05, 0) is 29.2 Å². The molecule has 0 radical (unpaired) electrons. The molecule has 2 N–H and O–H groups in total. The van der Waals surface area contributed by atoms with Crippen molar-refractivity contribution in [3.63, 3.8) is 0 Å². The summed E-state index contributed by atoms with van der Waals surface area (Å²) in [4.78, 5) is 0. The number of halogens is 2. The van der Waals surface area contributed by atoms with Crippen LogP contribution in [0.2, 0.25) is 0 Å². The number of allylic oxidation sites excluding steroid dienone is 4. The molecule has 0 spiro atoms. The van der Waals surface area contributed by atoms with Crippen molar-refractivity contribution in [1.29, 1.82) is 0 Å². The summed E-state index contributed by atoms with van der Waals surface area (Å²) in [5.74, 6) is -0.776. The van der Waals surface area contributed by atoms with Gasteiger partial charge >= 0.3 is 0 Å². The first-order valence-corrected chi connectivity index (χ1v) is 4.99. The van der Waals surface area contributed by atoms with E-state index in [1.54, 1.807) is 0 Å². The zero-order chi connectivity index (χ0) is 11.6. The van der Waals surface area contributed by atoms with E-state index in [4.69, 9.17) is 5.73 Å². The van der Waals surface area contributed by atoms with Gasteiger partial charge < -0.3 is 5.73 Å². The molecular formula is C12H17F2N. The maximum absolute atomic E-state index is 13.2. The third-order valence-electron chi connectivity index (χ3n) is 2.41. The lowest BCUT2D eigenvalue weighted by Gasteiger charge is -2.28. The third-order valence-corrected chi connectivity index (χ3v) is 2.41. The van der Waals surface area contributed by atoms with Crippen LogP contribution < -0.4 is 5.73 Å². The van der Waals surface area contributed by atoms with Crippen LogP contribution in [0.4, 0.5) is 8.78 Å². The summed E-state index contributed by atoms with van der Waals surface area (Å²) in [7, 11) is 0. The van der Waals surface area contributed by atoms with Crippen molar-refractivity contribution in [1.82, 2.24) is 0 Å². The summed E-state index contributed by atoms with van der Waals surface area (Å²) < 4.78 is 26.3. The van der Waals surface area contributed by atoms with Crippen molar-refractivity contribution < 1.29 is 8.78 Å². The van der Waals surface area contributed by atoms with E-state index < -0.39 is 5.83 Å². The summed E-state index contributed by atoms with van der Waals surface area (Å²) in [6, 6.07) is -0.375.